The van der Waals surface area contributed by atoms with Crippen LogP contribution in [0.5, 0.6) is 0 Å². The van der Waals surface area contributed by atoms with Gasteiger partial charge in [-0.15, -0.1) is 0 Å². The van der Waals surface area contributed by atoms with E-state index in [0.717, 1.165) is 20.8 Å². The minimum atomic E-state index is -2.19. The number of carbonyl (C=O) groups is 3. The van der Waals surface area contributed by atoms with Gasteiger partial charge in [-0.2, -0.15) is 0 Å². The zero-order valence-electron chi connectivity index (χ0n) is 13.4. The topological polar surface area (TPSA) is 121 Å². The van der Waals surface area contributed by atoms with Gasteiger partial charge in [0, 0.05) is 20.8 Å². The summed E-state index contributed by atoms with van der Waals surface area (Å²) in [4.78, 5) is 34.0. The largest absolute Gasteiger partial charge is 0.456 e. The van der Waals surface area contributed by atoms with Crippen LogP contribution in [0.1, 0.15) is 20.8 Å². The Labute approximate surface area is 158 Å². The summed E-state index contributed by atoms with van der Waals surface area (Å²) < 4.78 is 23.4. The molecule has 1 N–H and O–H groups in total. The summed E-state index contributed by atoms with van der Waals surface area (Å²) in [6, 6.07) is 0. The molecule has 1 saturated heterocycles. The Bertz CT molecular complexity index is 550. The second-order valence-electron chi connectivity index (χ2n) is 4.94. The second-order valence-corrected chi connectivity index (χ2v) is 7.22. The van der Waals surface area contributed by atoms with Crippen LogP contribution in [0.25, 0.3) is 0 Å². The standard InChI is InChI=1S/C13H16Cl3NO8/c1-5(18)22-8-4-21-11(25-12(17)13(14,15)16)10(24-7(3)20)9(8)23-6(2)19/h8-11,17H,4H2,1-3H3/t8-,9-,10+,11-/m1/s1. The smallest absolute Gasteiger partial charge is 0.303 e. The van der Waals surface area contributed by atoms with Crippen LogP contribution in [-0.2, 0) is 38.1 Å². The van der Waals surface area contributed by atoms with Crippen LogP contribution in [0.2, 0.25) is 0 Å². The fraction of sp³-hybridized carbons (Fsp3) is 0.692. The zero-order chi connectivity index (χ0) is 19.4. The SMILES string of the molecule is CC(=O)O[C@@H]1[C@@H](OC(=N)C(Cl)(Cl)Cl)OC[C@@H](OC(C)=O)[C@H]1OC(C)=O. The molecule has 1 aliphatic rings. The molecule has 1 aliphatic heterocycles. The zero-order valence-corrected chi connectivity index (χ0v) is 15.7. The Morgan fingerprint density at radius 2 is 1.40 bits per heavy atom. The van der Waals surface area contributed by atoms with E-state index < -0.39 is 52.2 Å². The van der Waals surface area contributed by atoms with E-state index in [4.69, 9.17) is 63.9 Å². The highest BCUT2D eigenvalue weighted by atomic mass is 35.6. The normalized spacial score (nSPS) is 26.3. The maximum Gasteiger partial charge on any atom is 0.303 e. The maximum absolute atomic E-state index is 11.4. The molecule has 9 nitrogen and oxygen atoms in total. The third kappa shape index (κ3) is 6.85. The van der Waals surface area contributed by atoms with Crippen molar-refractivity contribution < 1.29 is 38.1 Å². The van der Waals surface area contributed by atoms with E-state index in [2.05, 4.69) is 0 Å². The molecule has 0 radical (unpaired) electrons. The predicted octanol–water partition coefficient (Wildman–Crippen LogP) is 1.50. The summed E-state index contributed by atoms with van der Waals surface area (Å²) in [5, 5.41) is 7.59. The Balaban J connectivity index is 3.09. The van der Waals surface area contributed by atoms with Crippen molar-refractivity contribution in [3.05, 3.63) is 0 Å². The minimum Gasteiger partial charge on any atom is -0.456 e. The molecule has 0 bridgehead atoms. The summed E-state index contributed by atoms with van der Waals surface area (Å²) in [5.74, 6) is -2.95. The number of hydrogen-bond acceptors (Lipinski definition) is 9. The molecule has 4 atom stereocenters. The van der Waals surface area contributed by atoms with Gasteiger partial charge in [0.05, 0.1) is 6.61 Å². The van der Waals surface area contributed by atoms with Gasteiger partial charge in [0.2, 0.25) is 18.3 Å². The average Bonchev–Trinajstić information content (AvgIpc) is 2.42. The van der Waals surface area contributed by atoms with E-state index >= 15 is 0 Å². The van der Waals surface area contributed by atoms with E-state index in [-0.39, 0.29) is 6.61 Å². The van der Waals surface area contributed by atoms with Gasteiger partial charge in [-0.3, -0.25) is 19.8 Å². The number of rotatable bonds is 4. The van der Waals surface area contributed by atoms with Gasteiger partial charge in [-0.1, -0.05) is 34.8 Å². The van der Waals surface area contributed by atoms with Crippen molar-refractivity contribution in [3.8, 4) is 0 Å². The molecule has 0 aromatic carbocycles. The Hall–Kier alpha value is -1.29. The lowest BCUT2D eigenvalue weighted by Gasteiger charge is -2.40. The maximum atomic E-state index is 11.4. The number of esters is 3. The van der Waals surface area contributed by atoms with Crippen molar-refractivity contribution in [3.63, 3.8) is 0 Å². The fourth-order valence-electron chi connectivity index (χ4n) is 1.99. The molecule has 0 amide bonds. The van der Waals surface area contributed by atoms with Crippen molar-refractivity contribution in [2.24, 2.45) is 0 Å². The number of nitrogens with one attached hydrogen (secondary N) is 1. The number of carbonyl (C=O) groups excluding carboxylic acids is 3. The highest BCUT2D eigenvalue weighted by Crippen LogP contribution is 2.31. The molecule has 1 heterocycles. The Morgan fingerprint density at radius 1 is 0.920 bits per heavy atom. The van der Waals surface area contributed by atoms with Gasteiger partial charge in [-0.05, 0) is 0 Å². The summed E-state index contributed by atoms with van der Waals surface area (Å²) in [6.07, 6.45) is -5.10. The van der Waals surface area contributed by atoms with E-state index in [1.165, 1.54) is 0 Å². The first-order chi connectivity index (χ1) is 11.4. The van der Waals surface area contributed by atoms with Gasteiger partial charge in [0.1, 0.15) is 0 Å². The number of alkyl halides is 3. The molecular weight excluding hydrogens is 405 g/mol. The van der Waals surface area contributed by atoms with E-state index in [9.17, 15) is 14.4 Å². The molecule has 0 saturated carbocycles. The number of ether oxygens (including phenoxy) is 5. The van der Waals surface area contributed by atoms with Crippen molar-refractivity contribution >= 4 is 58.6 Å². The van der Waals surface area contributed by atoms with E-state index in [0.29, 0.717) is 0 Å². The third-order valence-electron chi connectivity index (χ3n) is 2.80. The van der Waals surface area contributed by atoms with Gasteiger partial charge in [-0.25, -0.2) is 0 Å². The monoisotopic (exact) mass is 419 g/mol. The van der Waals surface area contributed by atoms with Crippen LogP contribution in [0, 0.1) is 5.41 Å². The molecule has 0 aromatic rings. The summed E-state index contributed by atoms with van der Waals surface area (Å²) in [7, 11) is 0. The van der Waals surface area contributed by atoms with Crippen LogP contribution < -0.4 is 0 Å². The van der Waals surface area contributed by atoms with Crippen LogP contribution in [0.3, 0.4) is 0 Å². The Morgan fingerprint density at radius 3 is 1.84 bits per heavy atom. The van der Waals surface area contributed by atoms with Crippen molar-refractivity contribution in [1.82, 2.24) is 0 Å². The third-order valence-corrected chi connectivity index (χ3v) is 3.31. The summed E-state index contributed by atoms with van der Waals surface area (Å²) in [6.45, 7) is 3.09. The van der Waals surface area contributed by atoms with Gasteiger partial charge >= 0.3 is 17.9 Å². The highest BCUT2D eigenvalue weighted by Gasteiger charge is 2.49. The first kappa shape index (κ1) is 21.8. The van der Waals surface area contributed by atoms with Gasteiger partial charge in [0.15, 0.2) is 12.2 Å². The quantitative estimate of drug-likeness (QED) is 0.239. The van der Waals surface area contributed by atoms with Gasteiger partial charge in [0.25, 0.3) is 3.79 Å². The van der Waals surface area contributed by atoms with Crippen LogP contribution >= 0.6 is 34.8 Å². The first-order valence-electron chi connectivity index (χ1n) is 6.87. The van der Waals surface area contributed by atoms with Crippen molar-refractivity contribution in [1.29, 1.82) is 5.41 Å². The molecule has 142 valence electrons. The molecular formula is C13H16Cl3NO8. The summed E-state index contributed by atoms with van der Waals surface area (Å²) in [5.41, 5.74) is 0. The lowest BCUT2D eigenvalue weighted by Crippen LogP contribution is -2.58. The van der Waals surface area contributed by atoms with Crippen LogP contribution in [0.15, 0.2) is 0 Å². The number of hydrogen-bond donors (Lipinski definition) is 1. The van der Waals surface area contributed by atoms with E-state index in [1.54, 1.807) is 0 Å². The van der Waals surface area contributed by atoms with E-state index in [1.807, 2.05) is 0 Å². The molecule has 1 fully saturated rings. The van der Waals surface area contributed by atoms with Crippen LogP contribution in [-0.4, -0.2) is 58.8 Å². The average molecular weight is 421 g/mol. The lowest BCUT2D eigenvalue weighted by molar-refractivity contribution is -0.263. The molecule has 12 heteroatoms. The van der Waals surface area contributed by atoms with Crippen LogP contribution in [0.4, 0.5) is 0 Å². The highest BCUT2D eigenvalue weighted by molar-refractivity contribution is 6.76. The van der Waals surface area contributed by atoms with Crippen molar-refractivity contribution in [2.45, 2.75) is 49.2 Å². The lowest BCUT2D eigenvalue weighted by atomic mass is 10.0. The molecule has 0 aromatic heterocycles. The number of halogens is 3. The molecule has 1 rings (SSSR count). The molecule has 0 unspecified atom stereocenters. The molecule has 0 aliphatic carbocycles. The molecule has 0 spiro atoms. The molecule has 25 heavy (non-hydrogen) atoms. The predicted molar refractivity (Wildman–Crippen MR) is 85.5 cm³/mol. The fourth-order valence-corrected chi connectivity index (χ4v) is 2.13. The first-order valence-corrected chi connectivity index (χ1v) is 8.01. The van der Waals surface area contributed by atoms with Crippen molar-refractivity contribution in [2.75, 3.05) is 6.61 Å². The van der Waals surface area contributed by atoms with Gasteiger partial charge < -0.3 is 23.7 Å². The minimum absolute atomic E-state index is 0.271. The Kier molecular flexibility index (Phi) is 7.73. The summed E-state index contributed by atoms with van der Waals surface area (Å²) >= 11 is 16.6. The second kappa shape index (κ2) is 8.88.